The van der Waals surface area contributed by atoms with Gasteiger partial charge in [0.2, 0.25) is 0 Å². The van der Waals surface area contributed by atoms with Crippen molar-refractivity contribution < 1.29 is 5.11 Å². The largest absolute Gasteiger partial charge is 0.388 e. The Bertz CT molecular complexity index is 239. The minimum atomic E-state index is -0.392. The molecule has 1 N–H and O–H groups in total. The normalized spacial score (nSPS) is 16.2. The number of rotatable bonds is 4. The van der Waals surface area contributed by atoms with Crippen molar-refractivity contribution in [3.05, 3.63) is 36.5 Å². The molecule has 0 saturated carbocycles. The first-order valence-electron chi connectivity index (χ1n) is 5.53. The number of hydrogen-bond donors (Lipinski definition) is 1. The first kappa shape index (κ1) is 14.2. The van der Waals surface area contributed by atoms with Crippen molar-refractivity contribution in [2.24, 2.45) is 11.3 Å². The molecule has 0 bridgehead atoms. The van der Waals surface area contributed by atoms with Crippen molar-refractivity contribution in [1.29, 1.82) is 0 Å². The van der Waals surface area contributed by atoms with E-state index in [4.69, 9.17) is 0 Å². The smallest absolute Gasteiger partial charge is 0.0772 e. The summed E-state index contributed by atoms with van der Waals surface area (Å²) in [5.41, 5.74) is -0.0852. The molecule has 0 radical (unpaired) electrons. The molecule has 0 amide bonds. The molecule has 0 fully saturated rings. The molecule has 0 rings (SSSR count). The predicted molar refractivity (Wildman–Crippen MR) is 67.7 cm³/mol. The molecule has 1 heteroatoms. The molecule has 0 spiro atoms. The second-order valence-corrected chi connectivity index (χ2v) is 5.21. The predicted octanol–water partition coefficient (Wildman–Crippen LogP) is 3.72. The summed E-state index contributed by atoms with van der Waals surface area (Å²) < 4.78 is 0. The molecular formula is C14H24O. The Hall–Kier alpha value is -0.820. The molecular weight excluding hydrogens is 184 g/mol. The van der Waals surface area contributed by atoms with E-state index in [2.05, 4.69) is 19.9 Å². The summed E-state index contributed by atoms with van der Waals surface area (Å²) in [6.07, 6.45) is 11.4. The molecule has 0 aromatic heterocycles. The van der Waals surface area contributed by atoms with Gasteiger partial charge in [-0.3, -0.25) is 0 Å². The van der Waals surface area contributed by atoms with Crippen LogP contribution in [-0.2, 0) is 0 Å². The van der Waals surface area contributed by atoms with E-state index in [1.165, 1.54) is 0 Å². The van der Waals surface area contributed by atoms with Gasteiger partial charge in [-0.2, -0.15) is 0 Å². The molecule has 86 valence electrons. The van der Waals surface area contributed by atoms with Gasteiger partial charge in [0.05, 0.1) is 6.10 Å². The fourth-order valence-corrected chi connectivity index (χ4v) is 0.873. The molecule has 0 aliphatic heterocycles. The third kappa shape index (κ3) is 8.19. The first-order valence-corrected chi connectivity index (χ1v) is 5.53. The summed E-state index contributed by atoms with van der Waals surface area (Å²) in [6, 6.07) is 0. The van der Waals surface area contributed by atoms with E-state index in [9.17, 15) is 5.11 Å². The molecule has 0 heterocycles. The average Bonchev–Trinajstić information content (AvgIpc) is 2.08. The highest BCUT2D eigenvalue weighted by Crippen LogP contribution is 2.19. The van der Waals surface area contributed by atoms with E-state index >= 15 is 0 Å². The summed E-state index contributed by atoms with van der Waals surface area (Å²) in [5, 5.41) is 9.69. The highest BCUT2D eigenvalue weighted by atomic mass is 16.3. The second-order valence-electron chi connectivity index (χ2n) is 5.21. The Morgan fingerprint density at radius 2 is 1.33 bits per heavy atom. The second kappa shape index (κ2) is 6.62. The highest BCUT2D eigenvalue weighted by molar-refractivity contribution is 5.13. The maximum Gasteiger partial charge on any atom is 0.0772 e. The summed E-state index contributed by atoms with van der Waals surface area (Å²) in [6.45, 7) is 10.3. The van der Waals surface area contributed by atoms with Crippen LogP contribution in [0.25, 0.3) is 0 Å². The Morgan fingerprint density at radius 3 is 1.73 bits per heavy atom. The summed E-state index contributed by atoms with van der Waals surface area (Å²) in [4.78, 5) is 0. The van der Waals surface area contributed by atoms with Crippen LogP contribution < -0.4 is 0 Å². The minimum Gasteiger partial charge on any atom is -0.388 e. The lowest BCUT2D eigenvalue weighted by Crippen LogP contribution is -2.23. The van der Waals surface area contributed by atoms with Crippen LogP contribution in [0, 0.1) is 11.3 Å². The number of aliphatic hydroxyl groups excluding tert-OH is 1. The quantitative estimate of drug-likeness (QED) is 0.698. The number of allylic oxidation sites excluding steroid dienone is 5. The van der Waals surface area contributed by atoms with Gasteiger partial charge >= 0.3 is 0 Å². The Labute approximate surface area is 94.2 Å². The SMILES string of the molecule is CC(C)/C=C/C=C/C=C/C(O)C(C)(C)C. The van der Waals surface area contributed by atoms with Crippen LogP contribution in [0.1, 0.15) is 34.6 Å². The first-order chi connectivity index (χ1) is 6.84. The van der Waals surface area contributed by atoms with Gasteiger partial charge in [-0.15, -0.1) is 0 Å². The van der Waals surface area contributed by atoms with Crippen molar-refractivity contribution in [2.45, 2.75) is 40.7 Å². The van der Waals surface area contributed by atoms with E-state index in [0.29, 0.717) is 5.92 Å². The van der Waals surface area contributed by atoms with Crippen molar-refractivity contribution in [3.63, 3.8) is 0 Å². The molecule has 15 heavy (non-hydrogen) atoms. The molecule has 0 aromatic rings. The summed E-state index contributed by atoms with van der Waals surface area (Å²) in [5.74, 6) is 0.582. The van der Waals surface area contributed by atoms with Crippen LogP contribution in [0.4, 0.5) is 0 Å². The van der Waals surface area contributed by atoms with Crippen LogP contribution in [0.2, 0.25) is 0 Å². The third-order valence-corrected chi connectivity index (χ3v) is 2.01. The molecule has 1 unspecified atom stereocenters. The number of hydrogen-bond acceptors (Lipinski definition) is 1. The zero-order valence-corrected chi connectivity index (χ0v) is 10.6. The Balaban J connectivity index is 4.00. The van der Waals surface area contributed by atoms with Crippen LogP contribution in [0.15, 0.2) is 36.5 Å². The standard InChI is InChI=1S/C14H24O/c1-12(2)10-8-6-7-9-11-13(15)14(3,4)5/h6-13,15H,1-5H3/b7-6+,10-8+,11-9+. The molecule has 0 saturated heterocycles. The maximum atomic E-state index is 9.69. The van der Waals surface area contributed by atoms with E-state index in [1.54, 1.807) is 0 Å². The lowest BCUT2D eigenvalue weighted by atomic mass is 9.89. The fourth-order valence-electron chi connectivity index (χ4n) is 0.873. The molecule has 0 aliphatic rings. The van der Waals surface area contributed by atoms with E-state index in [0.717, 1.165) is 0 Å². The summed E-state index contributed by atoms with van der Waals surface area (Å²) >= 11 is 0. The van der Waals surface area contributed by atoms with Gasteiger partial charge in [-0.1, -0.05) is 71.1 Å². The lowest BCUT2D eigenvalue weighted by molar-refractivity contribution is 0.105. The van der Waals surface area contributed by atoms with Crippen molar-refractivity contribution in [1.82, 2.24) is 0 Å². The van der Waals surface area contributed by atoms with Gasteiger partial charge in [-0.05, 0) is 11.3 Å². The van der Waals surface area contributed by atoms with Crippen molar-refractivity contribution in [3.8, 4) is 0 Å². The van der Waals surface area contributed by atoms with Crippen molar-refractivity contribution in [2.75, 3.05) is 0 Å². The maximum absolute atomic E-state index is 9.69. The topological polar surface area (TPSA) is 20.2 Å². The van der Waals surface area contributed by atoms with Gasteiger partial charge in [0.1, 0.15) is 0 Å². The molecule has 1 nitrogen and oxygen atoms in total. The fraction of sp³-hybridized carbons (Fsp3) is 0.571. The minimum absolute atomic E-state index is 0.0852. The van der Waals surface area contributed by atoms with Crippen LogP contribution in [0.3, 0.4) is 0 Å². The molecule has 0 aliphatic carbocycles. The van der Waals surface area contributed by atoms with Gasteiger partial charge < -0.3 is 5.11 Å². The highest BCUT2D eigenvalue weighted by Gasteiger charge is 2.18. The Morgan fingerprint density at radius 1 is 0.867 bits per heavy atom. The summed E-state index contributed by atoms with van der Waals surface area (Å²) in [7, 11) is 0. The van der Waals surface area contributed by atoms with Crippen LogP contribution >= 0.6 is 0 Å². The number of aliphatic hydroxyl groups is 1. The average molecular weight is 208 g/mol. The van der Waals surface area contributed by atoms with Gasteiger partial charge in [0.25, 0.3) is 0 Å². The van der Waals surface area contributed by atoms with Crippen molar-refractivity contribution >= 4 is 0 Å². The van der Waals surface area contributed by atoms with Crippen LogP contribution in [-0.4, -0.2) is 11.2 Å². The molecule has 0 aromatic carbocycles. The van der Waals surface area contributed by atoms with Gasteiger partial charge in [0, 0.05) is 0 Å². The zero-order valence-electron chi connectivity index (χ0n) is 10.6. The lowest BCUT2D eigenvalue weighted by Gasteiger charge is -2.22. The Kier molecular flexibility index (Phi) is 6.26. The molecule has 1 atom stereocenters. The van der Waals surface area contributed by atoms with Crippen LogP contribution in [0.5, 0.6) is 0 Å². The van der Waals surface area contributed by atoms with E-state index in [1.807, 2.05) is 51.2 Å². The van der Waals surface area contributed by atoms with Gasteiger partial charge in [-0.25, -0.2) is 0 Å². The zero-order chi connectivity index (χ0) is 11.9. The van der Waals surface area contributed by atoms with E-state index < -0.39 is 6.10 Å². The van der Waals surface area contributed by atoms with Gasteiger partial charge in [0.15, 0.2) is 0 Å². The van der Waals surface area contributed by atoms with E-state index in [-0.39, 0.29) is 5.41 Å². The monoisotopic (exact) mass is 208 g/mol. The third-order valence-electron chi connectivity index (χ3n) is 2.01.